The molecule has 0 N–H and O–H groups in total. The van der Waals surface area contributed by atoms with E-state index < -0.39 is 0 Å². The van der Waals surface area contributed by atoms with Gasteiger partial charge in [-0.2, -0.15) is 5.26 Å². The van der Waals surface area contributed by atoms with Crippen LogP contribution in [0.15, 0.2) is 12.7 Å². The molecule has 12 heavy (non-hydrogen) atoms. The molecule has 1 saturated carbocycles. The summed E-state index contributed by atoms with van der Waals surface area (Å²) in [6, 6.07) is 2.51. The smallest absolute Gasteiger partial charge is 0.0692 e. The molecule has 2 atom stereocenters. The summed E-state index contributed by atoms with van der Waals surface area (Å²) in [5.41, 5.74) is -0.0197. The van der Waals surface area contributed by atoms with E-state index in [2.05, 4.69) is 19.6 Å². The Kier molecular flexibility index (Phi) is 2.92. The molecule has 0 amide bonds. The van der Waals surface area contributed by atoms with Gasteiger partial charge in [-0.05, 0) is 31.6 Å². The highest BCUT2D eigenvalue weighted by molar-refractivity contribution is 5.05. The Morgan fingerprint density at radius 2 is 2.50 bits per heavy atom. The van der Waals surface area contributed by atoms with Gasteiger partial charge < -0.3 is 0 Å². The number of allylic oxidation sites excluding steroid dienone is 1. The van der Waals surface area contributed by atoms with Crippen LogP contribution in [0.4, 0.5) is 0 Å². The Bertz CT molecular complexity index is 202. The monoisotopic (exact) mass is 163 g/mol. The third-order valence-electron chi connectivity index (χ3n) is 3.22. The lowest BCUT2D eigenvalue weighted by Gasteiger charge is -2.24. The van der Waals surface area contributed by atoms with Crippen molar-refractivity contribution in [3.8, 4) is 6.07 Å². The van der Waals surface area contributed by atoms with E-state index in [0.29, 0.717) is 5.92 Å². The van der Waals surface area contributed by atoms with Crippen molar-refractivity contribution in [1.82, 2.24) is 0 Å². The normalized spacial score (nSPS) is 34.5. The Morgan fingerprint density at radius 3 is 2.92 bits per heavy atom. The molecule has 1 aliphatic rings. The van der Waals surface area contributed by atoms with Gasteiger partial charge in [0.25, 0.3) is 0 Å². The minimum atomic E-state index is -0.0197. The lowest BCUT2D eigenvalue weighted by molar-refractivity contribution is 0.286. The largest absolute Gasteiger partial charge is 0.198 e. The van der Waals surface area contributed by atoms with Gasteiger partial charge in [-0.3, -0.25) is 0 Å². The molecule has 0 saturated heterocycles. The maximum absolute atomic E-state index is 9.13. The van der Waals surface area contributed by atoms with Gasteiger partial charge in [-0.1, -0.05) is 19.4 Å². The van der Waals surface area contributed by atoms with Crippen LogP contribution in [0.3, 0.4) is 0 Å². The quantitative estimate of drug-likeness (QED) is 0.586. The van der Waals surface area contributed by atoms with E-state index in [9.17, 15) is 0 Å². The van der Waals surface area contributed by atoms with E-state index in [1.165, 1.54) is 12.8 Å². The zero-order valence-corrected chi connectivity index (χ0v) is 7.84. The first kappa shape index (κ1) is 9.32. The van der Waals surface area contributed by atoms with Gasteiger partial charge in [0, 0.05) is 0 Å². The maximum atomic E-state index is 9.13. The zero-order chi connectivity index (χ0) is 9.03. The Hall–Kier alpha value is -0.770. The fourth-order valence-electron chi connectivity index (χ4n) is 2.20. The average Bonchev–Trinajstić information content (AvgIpc) is 2.45. The van der Waals surface area contributed by atoms with Gasteiger partial charge in [-0.15, -0.1) is 6.58 Å². The van der Waals surface area contributed by atoms with Crippen LogP contribution in [0.2, 0.25) is 0 Å². The summed E-state index contributed by atoms with van der Waals surface area (Å²) < 4.78 is 0. The number of hydrogen-bond donors (Lipinski definition) is 0. The van der Waals surface area contributed by atoms with Crippen molar-refractivity contribution in [2.24, 2.45) is 11.3 Å². The minimum absolute atomic E-state index is 0.0197. The maximum Gasteiger partial charge on any atom is 0.0692 e. The number of nitrogens with zero attached hydrogens (tertiary/aromatic N) is 1. The molecular formula is C11H17N. The van der Waals surface area contributed by atoms with Gasteiger partial charge >= 0.3 is 0 Å². The predicted octanol–water partition coefficient (Wildman–Crippen LogP) is 3.28. The first-order chi connectivity index (χ1) is 5.75. The minimum Gasteiger partial charge on any atom is -0.198 e. The first-order valence-corrected chi connectivity index (χ1v) is 4.77. The second kappa shape index (κ2) is 3.76. The van der Waals surface area contributed by atoms with E-state index in [-0.39, 0.29) is 5.41 Å². The van der Waals surface area contributed by atoms with Gasteiger partial charge in [-0.25, -0.2) is 0 Å². The van der Waals surface area contributed by atoms with Crippen LogP contribution in [0.25, 0.3) is 0 Å². The van der Waals surface area contributed by atoms with Crippen LogP contribution in [0.5, 0.6) is 0 Å². The van der Waals surface area contributed by atoms with Crippen molar-refractivity contribution in [3.63, 3.8) is 0 Å². The number of nitriles is 1. The first-order valence-electron chi connectivity index (χ1n) is 4.77. The van der Waals surface area contributed by atoms with Crippen LogP contribution in [-0.4, -0.2) is 0 Å². The summed E-state index contributed by atoms with van der Waals surface area (Å²) in [4.78, 5) is 0. The molecule has 0 spiro atoms. The summed E-state index contributed by atoms with van der Waals surface area (Å²) in [5.74, 6) is 0.586. The molecular weight excluding hydrogens is 146 g/mol. The van der Waals surface area contributed by atoms with E-state index in [1.807, 2.05) is 6.08 Å². The molecule has 1 rings (SSSR count). The van der Waals surface area contributed by atoms with Gasteiger partial charge in [0.15, 0.2) is 0 Å². The van der Waals surface area contributed by atoms with Crippen molar-refractivity contribution in [2.45, 2.75) is 39.0 Å². The molecule has 1 aliphatic carbocycles. The van der Waals surface area contributed by atoms with E-state index in [4.69, 9.17) is 5.26 Å². The zero-order valence-electron chi connectivity index (χ0n) is 7.84. The van der Waals surface area contributed by atoms with Crippen molar-refractivity contribution in [3.05, 3.63) is 12.7 Å². The molecule has 0 aliphatic heterocycles. The molecule has 1 nitrogen and oxygen atoms in total. The molecule has 1 heteroatoms. The Labute approximate surface area is 75.1 Å². The van der Waals surface area contributed by atoms with E-state index in [1.54, 1.807) is 0 Å². The summed E-state index contributed by atoms with van der Waals surface area (Å²) in [7, 11) is 0. The van der Waals surface area contributed by atoms with Crippen molar-refractivity contribution >= 4 is 0 Å². The Balaban J connectivity index is 2.62. The highest BCUT2D eigenvalue weighted by Crippen LogP contribution is 2.45. The fraction of sp³-hybridized carbons (Fsp3) is 0.727. The SMILES string of the molecule is C=CCCC1(C#N)CCCC1C. The molecule has 66 valence electrons. The van der Waals surface area contributed by atoms with Crippen LogP contribution >= 0.6 is 0 Å². The molecule has 0 aromatic carbocycles. The lowest BCUT2D eigenvalue weighted by atomic mass is 9.76. The Morgan fingerprint density at radius 1 is 1.75 bits per heavy atom. The van der Waals surface area contributed by atoms with Crippen LogP contribution in [0, 0.1) is 22.7 Å². The van der Waals surface area contributed by atoms with E-state index in [0.717, 1.165) is 19.3 Å². The third-order valence-corrected chi connectivity index (χ3v) is 3.22. The van der Waals surface area contributed by atoms with Crippen LogP contribution < -0.4 is 0 Å². The number of hydrogen-bond acceptors (Lipinski definition) is 1. The summed E-state index contributed by atoms with van der Waals surface area (Å²) in [6.07, 6.45) is 7.46. The number of rotatable bonds is 3. The topological polar surface area (TPSA) is 23.8 Å². The molecule has 1 fully saturated rings. The molecule has 0 aromatic heterocycles. The predicted molar refractivity (Wildman–Crippen MR) is 50.5 cm³/mol. The molecule has 0 bridgehead atoms. The van der Waals surface area contributed by atoms with Crippen molar-refractivity contribution < 1.29 is 0 Å². The van der Waals surface area contributed by atoms with Crippen molar-refractivity contribution in [2.75, 3.05) is 0 Å². The van der Waals surface area contributed by atoms with Gasteiger partial charge in [0.05, 0.1) is 11.5 Å². The van der Waals surface area contributed by atoms with Gasteiger partial charge in [0.2, 0.25) is 0 Å². The summed E-state index contributed by atoms with van der Waals surface area (Å²) in [6.45, 7) is 5.91. The highest BCUT2D eigenvalue weighted by Gasteiger charge is 2.39. The molecule has 0 heterocycles. The van der Waals surface area contributed by atoms with Crippen LogP contribution in [-0.2, 0) is 0 Å². The molecule has 2 unspecified atom stereocenters. The third kappa shape index (κ3) is 1.53. The highest BCUT2D eigenvalue weighted by atomic mass is 14.5. The summed E-state index contributed by atoms with van der Waals surface area (Å²) in [5, 5.41) is 9.13. The average molecular weight is 163 g/mol. The lowest BCUT2D eigenvalue weighted by Crippen LogP contribution is -2.21. The molecule has 0 radical (unpaired) electrons. The van der Waals surface area contributed by atoms with Gasteiger partial charge in [0.1, 0.15) is 0 Å². The van der Waals surface area contributed by atoms with Crippen molar-refractivity contribution in [1.29, 1.82) is 5.26 Å². The second-order valence-electron chi connectivity index (χ2n) is 3.89. The standard InChI is InChI=1S/C11H17N/c1-3-4-7-11(9-12)8-5-6-10(11)2/h3,10H,1,4-8H2,2H3. The van der Waals surface area contributed by atoms with E-state index >= 15 is 0 Å². The summed E-state index contributed by atoms with van der Waals surface area (Å²) >= 11 is 0. The fourth-order valence-corrected chi connectivity index (χ4v) is 2.20. The second-order valence-corrected chi connectivity index (χ2v) is 3.89. The van der Waals surface area contributed by atoms with Crippen LogP contribution in [0.1, 0.15) is 39.0 Å². The molecule has 0 aromatic rings.